The predicted octanol–water partition coefficient (Wildman–Crippen LogP) is 4.31. The summed E-state index contributed by atoms with van der Waals surface area (Å²) in [6.07, 6.45) is 0.762. The molecule has 2 amide bonds. The van der Waals surface area contributed by atoms with Crippen molar-refractivity contribution < 1.29 is 14.3 Å². The molecule has 0 saturated carbocycles. The van der Waals surface area contributed by atoms with E-state index >= 15 is 0 Å². The second-order valence-corrected chi connectivity index (χ2v) is 6.47. The van der Waals surface area contributed by atoms with Crippen LogP contribution < -0.4 is 15.4 Å². The molecule has 0 bridgehead atoms. The van der Waals surface area contributed by atoms with Crippen LogP contribution in [0.15, 0.2) is 78.9 Å². The van der Waals surface area contributed by atoms with Crippen molar-refractivity contribution in [1.29, 1.82) is 0 Å². The minimum absolute atomic E-state index is 0.137. The van der Waals surface area contributed by atoms with E-state index in [0.29, 0.717) is 35.7 Å². The van der Waals surface area contributed by atoms with Crippen molar-refractivity contribution in [3.8, 4) is 5.75 Å². The Kier molecular flexibility index (Phi) is 7.00. The van der Waals surface area contributed by atoms with Gasteiger partial charge in [-0.3, -0.25) is 9.59 Å². The number of nitrogens with one attached hydrogen (secondary N) is 2. The van der Waals surface area contributed by atoms with Crippen molar-refractivity contribution in [3.63, 3.8) is 0 Å². The van der Waals surface area contributed by atoms with Crippen LogP contribution in [0.2, 0.25) is 0 Å². The fourth-order valence-corrected chi connectivity index (χ4v) is 2.87. The van der Waals surface area contributed by atoms with Crippen LogP contribution in [0.3, 0.4) is 0 Å². The highest BCUT2D eigenvalue weighted by atomic mass is 16.5. The van der Waals surface area contributed by atoms with Crippen LogP contribution in [-0.4, -0.2) is 25.0 Å². The number of hydrogen-bond acceptors (Lipinski definition) is 3. The van der Waals surface area contributed by atoms with Crippen molar-refractivity contribution in [2.24, 2.45) is 0 Å². The van der Waals surface area contributed by atoms with Crippen molar-refractivity contribution in [1.82, 2.24) is 5.32 Å². The van der Waals surface area contributed by atoms with Gasteiger partial charge in [-0.05, 0) is 48.9 Å². The molecule has 0 atom stereocenters. The molecule has 0 aliphatic carbocycles. The summed E-state index contributed by atoms with van der Waals surface area (Å²) in [5.74, 6) is 0.147. The number of anilines is 1. The van der Waals surface area contributed by atoms with Crippen molar-refractivity contribution in [3.05, 3.63) is 95.6 Å². The second-order valence-electron chi connectivity index (χ2n) is 6.47. The van der Waals surface area contributed by atoms with Crippen LogP contribution in [0.1, 0.15) is 33.2 Å². The van der Waals surface area contributed by atoms with Gasteiger partial charge in [0, 0.05) is 24.2 Å². The smallest absolute Gasteiger partial charge is 0.259 e. The van der Waals surface area contributed by atoms with Crippen LogP contribution in [-0.2, 0) is 6.42 Å². The Balaban J connectivity index is 1.62. The monoisotopic (exact) mass is 388 g/mol. The number of rotatable bonds is 8. The van der Waals surface area contributed by atoms with E-state index in [9.17, 15) is 9.59 Å². The standard InChI is InChI=1S/C24H24N2O3/c1-2-25-23(27)19-12-14-20(15-13-19)26-24(28)21-10-6-7-11-22(21)29-17-16-18-8-4-3-5-9-18/h3-15H,2,16-17H2,1H3,(H,25,27)(H,26,28). The fraction of sp³-hybridized carbons (Fsp3) is 0.167. The molecule has 148 valence electrons. The summed E-state index contributed by atoms with van der Waals surface area (Å²) >= 11 is 0. The maximum absolute atomic E-state index is 12.7. The maximum atomic E-state index is 12.7. The number of hydrogen-bond donors (Lipinski definition) is 2. The van der Waals surface area contributed by atoms with Crippen LogP contribution in [0.4, 0.5) is 5.69 Å². The minimum Gasteiger partial charge on any atom is -0.492 e. The molecular weight excluding hydrogens is 364 g/mol. The van der Waals surface area contributed by atoms with E-state index in [0.717, 1.165) is 6.42 Å². The third-order valence-electron chi connectivity index (χ3n) is 4.37. The first-order valence-corrected chi connectivity index (χ1v) is 9.62. The summed E-state index contributed by atoms with van der Waals surface area (Å²) in [5.41, 5.74) is 2.81. The summed E-state index contributed by atoms with van der Waals surface area (Å²) in [5, 5.41) is 5.60. The van der Waals surface area contributed by atoms with Crippen molar-refractivity contribution in [2.45, 2.75) is 13.3 Å². The molecule has 0 aromatic heterocycles. The Bertz CT molecular complexity index is 953. The van der Waals surface area contributed by atoms with Gasteiger partial charge in [0.15, 0.2) is 0 Å². The minimum atomic E-state index is -0.258. The van der Waals surface area contributed by atoms with E-state index in [1.165, 1.54) is 5.56 Å². The quantitative estimate of drug-likeness (QED) is 0.604. The number of benzene rings is 3. The van der Waals surface area contributed by atoms with Crippen LogP contribution >= 0.6 is 0 Å². The predicted molar refractivity (Wildman–Crippen MR) is 114 cm³/mol. The Hall–Kier alpha value is -3.60. The normalized spacial score (nSPS) is 10.2. The molecule has 0 aliphatic heterocycles. The lowest BCUT2D eigenvalue weighted by atomic mass is 10.1. The summed E-state index contributed by atoms with van der Waals surface area (Å²) in [6, 6.07) is 24.0. The number of para-hydroxylation sites is 1. The fourth-order valence-electron chi connectivity index (χ4n) is 2.87. The zero-order valence-corrected chi connectivity index (χ0v) is 16.4. The molecule has 5 nitrogen and oxygen atoms in total. The summed E-state index contributed by atoms with van der Waals surface area (Å²) in [6.45, 7) is 2.92. The molecule has 0 fully saturated rings. The zero-order chi connectivity index (χ0) is 20.5. The SMILES string of the molecule is CCNC(=O)c1ccc(NC(=O)c2ccccc2OCCc2ccccc2)cc1. The lowest BCUT2D eigenvalue weighted by molar-refractivity contribution is 0.0955. The number of carbonyl (C=O) groups excluding carboxylic acids is 2. The summed E-state index contributed by atoms with van der Waals surface area (Å²) in [4.78, 5) is 24.6. The first-order valence-electron chi connectivity index (χ1n) is 9.62. The van der Waals surface area contributed by atoms with Gasteiger partial charge in [0.1, 0.15) is 5.75 Å². The van der Waals surface area contributed by atoms with Gasteiger partial charge in [-0.25, -0.2) is 0 Å². The van der Waals surface area contributed by atoms with E-state index in [2.05, 4.69) is 10.6 Å². The maximum Gasteiger partial charge on any atom is 0.259 e. The van der Waals surface area contributed by atoms with Crippen molar-refractivity contribution >= 4 is 17.5 Å². The highest BCUT2D eigenvalue weighted by Gasteiger charge is 2.13. The number of ether oxygens (including phenoxy) is 1. The molecule has 3 aromatic rings. The Morgan fingerprint density at radius 2 is 1.52 bits per heavy atom. The topological polar surface area (TPSA) is 67.4 Å². The van der Waals surface area contributed by atoms with Gasteiger partial charge in [0.2, 0.25) is 0 Å². The Labute approximate surface area is 170 Å². The molecule has 0 saturated heterocycles. The third kappa shape index (κ3) is 5.69. The molecule has 0 heterocycles. The lowest BCUT2D eigenvalue weighted by Gasteiger charge is -2.12. The van der Waals surface area contributed by atoms with Gasteiger partial charge in [-0.15, -0.1) is 0 Å². The summed E-state index contributed by atoms with van der Waals surface area (Å²) in [7, 11) is 0. The molecular formula is C24H24N2O3. The molecule has 0 aliphatic rings. The van der Waals surface area contributed by atoms with Crippen LogP contribution in [0.5, 0.6) is 5.75 Å². The lowest BCUT2D eigenvalue weighted by Crippen LogP contribution is -2.22. The van der Waals surface area contributed by atoms with E-state index < -0.39 is 0 Å². The van der Waals surface area contributed by atoms with Gasteiger partial charge in [0.25, 0.3) is 11.8 Å². The van der Waals surface area contributed by atoms with E-state index in [1.807, 2.05) is 43.3 Å². The van der Waals surface area contributed by atoms with E-state index in [4.69, 9.17) is 4.74 Å². The molecule has 3 rings (SSSR count). The Morgan fingerprint density at radius 1 is 0.828 bits per heavy atom. The first-order chi connectivity index (χ1) is 14.2. The molecule has 29 heavy (non-hydrogen) atoms. The van der Waals surface area contributed by atoms with Gasteiger partial charge in [0.05, 0.1) is 12.2 Å². The Morgan fingerprint density at radius 3 is 2.24 bits per heavy atom. The van der Waals surface area contributed by atoms with Crippen LogP contribution in [0, 0.1) is 0 Å². The summed E-state index contributed by atoms with van der Waals surface area (Å²) < 4.78 is 5.86. The van der Waals surface area contributed by atoms with Crippen molar-refractivity contribution in [2.75, 3.05) is 18.5 Å². The third-order valence-corrected chi connectivity index (χ3v) is 4.37. The largest absolute Gasteiger partial charge is 0.492 e. The van der Waals surface area contributed by atoms with Gasteiger partial charge < -0.3 is 15.4 Å². The number of amides is 2. The average Bonchev–Trinajstić information content (AvgIpc) is 2.75. The van der Waals surface area contributed by atoms with E-state index in [-0.39, 0.29) is 11.8 Å². The highest BCUT2D eigenvalue weighted by Crippen LogP contribution is 2.20. The highest BCUT2D eigenvalue weighted by molar-refractivity contribution is 6.06. The molecule has 0 spiro atoms. The number of carbonyl (C=O) groups is 2. The molecule has 0 unspecified atom stereocenters. The molecule has 3 aromatic carbocycles. The van der Waals surface area contributed by atoms with Gasteiger partial charge in [-0.1, -0.05) is 42.5 Å². The zero-order valence-electron chi connectivity index (χ0n) is 16.4. The second kappa shape index (κ2) is 10.1. The molecule has 5 heteroatoms. The molecule has 2 N–H and O–H groups in total. The average molecular weight is 388 g/mol. The van der Waals surface area contributed by atoms with Crippen LogP contribution in [0.25, 0.3) is 0 Å². The van der Waals surface area contributed by atoms with Gasteiger partial charge >= 0.3 is 0 Å². The first kappa shape index (κ1) is 20.1. The van der Waals surface area contributed by atoms with E-state index in [1.54, 1.807) is 42.5 Å². The van der Waals surface area contributed by atoms with Gasteiger partial charge in [-0.2, -0.15) is 0 Å². The molecule has 0 radical (unpaired) electrons.